The summed E-state index contributed by atoms with van der Waals surface area (Å²) in [6, 6.07) is 7.72. The Morgan fingerprint density at radius 3 is 2.48 bits per heavy atom. The Hall–Kier alpha value is -1.96. The van der Waals surface area contributed by atoms with Gasteiger partial charge in [0.2, 0.25) is 5.91 Å². The Bertz CT molecular complexity index is 743. The van der Waals surface area contributed by atoms with Crippen LogP contribution in [0, 0.1) is 0 Å². The summed E-state index contributed by atoms with van der Waals surface area (Å²) in [6.07, 6.45) is 2.55. The number of benzene rings is 1. The third-order valence-corrected chi connectivity index (χ3v) is 6.82. The molecule has 0 spiro atoms. The Morgan fingerprint density at radius 1 is 1.13 bits per heavy atom. The first-order valence-electron chi connectivity index (χ1n) is 11.8. The van der Waals surface area contributed by atoms with E-state index in [2.05, 4.69) is 27.1 Å². The van der Waals surface area contributed by atoms with Gasteiger partial charge in [0, 0.05) is 63.1 Å². The molecule has 2 fully saturated rings. The number of nitrogens with zero attached hydrogens (tertiary/aromatic N) is 4. The van der Waals surface area contributed by atoms with Crippen molar-refractivity contribution < 1.29 is 9.59 Å². The molecule has 0 saturated carbocycles. The Kier molecular flexibility index (Phi) is 8.46. The first-order chi connectivity index (χ1) is 14.9. The molecule has 31 heavy (non-hydrogen) atoms. The molecule has 7 nitrogen and oxygen atoms in total. The highest BCUT2D eigenvalue weighted by Gasteiger charge is 2.30. The van der Waals surface area contributed by atoms with Crippen molar-refractivity contribution in [1.82, 2.24) is 19.6 Å². The third-order valence-electron chi connectivity index (χ3n) is 6.82. The number of hydrogen-bond acceptors (Lipinski definition) is 5. The summed E-state index contributed by atoms with van der Waals surface area (Å²) >= 11 is 0. The van der Waals surface area contributed by atoms with Gasteiger partial charge in [0.1, 0.15) is 0 Å². The van der Waals surface area contributed by atoms with E-state index in [-0.39, 0.29) is 17.9 Å². The van der Waals surface area contributed by atoms with Crippen molar-refractivity contribution in [3.63, 3.8) is 0 Å². The number of piperazine rings is 1. The van der Waals surface area contributed by atoms with E-state index in [4.69, 9.17) is 0 Å². The largest absolute Gasteiger partial charge is 0.339 e. The number of likely N-dealkylation sites (N-methyl/N-ethyl adjacent to an activating group) is 1. The molecule has 0 aliphatic carbocycles. The highest BCUT2D eigenvalue weighted by atomic mass is 16.2. The van der Waals surface area contributed by atoms with Gasteiger partial charge in [-0.05, 0) is 65.4 Å². The number of anilines is 1. The maximum absolute atomic E-state index is 12.9. The summed E-state index contributed by atoms with van der Waals surface area (Å²) in [7, 11) is 2.21. The molecule has 0 bridgehead atoms. The fourth-order valence-electron chi connectivity index (χ4n) is 4.76. The summed E-state index contributed by atoms with van der Waals surface area (Å²) in [5, 5.41) is 3.02. The fraction of sp³-hybridized carbons (Fsp3) is 0.667. The molecule has 1 aromatic carbocycles. The number of amides is 2. The quantitative estimate of drug-likeness (QED) is 0.720. The second-order valence-electron chi connectivity index (χ2n) is 8.85. The minimum atomic E-state index is -0.196. The SMILES string of the molecule is CCN(CC)C(=O)c1cccc(NC(=O)C(C)N2CCN(C3CCCN(C)C3)CC2)c1. The molecule has 1 aromatic rings. The second kappa shape index (κ2) is 11.1. The van der Waals surface area contributed by atoms with Crippen molar-refractivity contribution in [2.45, 2.75) is 45.7 Å². The minimum Gasteiger partial charge on any atom is -0.339 e. The van der Waals surface area contributed by atoms with E-state index in [0.29, 0.717) is 30.4 Å². The predicted octanol–water partition coefficient (Wildman–Crippen LogP) is 2.21. The summed E-state index contributed by atoms with van der Waals surface area (Å²) in [4.78, 5) is 34.6. The maximum Gasteiger partial charge on any atom is 0.253 e. The number of piperidine rings is 1. The zero-order valence-corrected chi connectivity index (χ0v) is 19.6. The van der Waals surface area contributed by atoms with Crippen LogP contribution in [-0.4, -0.2) is 103 Å². The van der Waals surface area contributed by atoms with Gasteiger partial charge in [-0.1, -0.05) is 6.07 Å². The number of likely N-dealkylation sites (tertiary alicyclic amines) is 1. The molecule has 3 rings (SSSR count). The summed E-state index contributed by atoms with van der Waals surface area (Å²) in [5.74, 6) is -0.0167. The average molecular weight is 430 g/mol. The number of hydrogen-bond donors (Lipinski definition) is 1. The molecule has 2 aliphatic heterocycles. The van der Waals surface area contributed by atoms with Gasteiger partial charge < -0.3 is 15.1 Å². The van der Waals surface area contributed by atoms with Crippen molar-refractivity contribution in [2.75, 3.05) is 64.7 Å². The molecule has 2 saturated heterocycles. The molecule has 2 unspecified atom stereocenters. The highest BCUT2D eigenvalue weighted by molar-refractivity contribution is 5.98. The van der Waals surface area contributed by atoms with Crippen LogP contribution in [0.15, 0.2) is 24.3 Å². The molecular weight excluding hydrogens is 390 g/mol. The van der Waals surface area contributed by atoms with Crippen molar-refractivity contribution >= 4 is 17.5 Å². The standard InChI is InChI=1S/C24H39N5O2/c1-5-27(6-2)24(31)20-9-7-10-21(17-20)25-23(30)19(3)28-13-15-29(16-14-28)22-11-8-12-26(4)18-22/h7,9-10,17,19,22H,5-6,8,11-16,18H2,1-4H3,(H,25,30). The number of carbonyl (C=O) groups is 2. The van der Waals surface area contributed by atoms with E-state index >= 15 is 0 Å². The molecule has 0 radical (unpaired) electrons. The zero-order chi connectivity index (χ0) is 22.4. The van der Waals surface area contributed by atoms with Gasteiger partial charge in [-0.2, -0.15) is 0 Å². The van der Waals surface area contributed by atoms with Gasteiger partial charge in [-0.15, -0.1) is 0 Å². The first kappa shape index (κ1) is 23.7. The molecule has 172 valence electrons. The molecule has 2 heterocycles. The lowest BCUT2D eigenvalue weighted by atomic mass is 10.0. The van der Waals surface area contributed by atoms with Gasteiger partial charge >= 0.3 is 0 Å². The topological polar surface area (TPSA) is 59.1 Å². The Balaban J connectivity index is 1.53. The molecule has 2 amide bonds. The molecule has 7 heteroatoms. The monoisotopic (exact) mass is 429 g/mol. The van der Waals surface area contributed by atoms with Crippen LogP contribution in [-0.2, 0) is 4.79 Å². The van der Waals surface area contributed by atoms with Gasteiger partial charge in [0.15, 0.2) is 0 Å². The molecule has 0 aromatic heterocycles. The summed E-state index contributed by atoms with van der Waals surface area (Å²) in [6.45, 7) is 13.5. The van der Waals surface area contributed by atoms with Gasteiger partial charge in [-0.25, -0.2) is 0 Å². The zero-order valence-electron chi connectivity index (χ0n) is 19.6. The summed E-state index contributed by atoms with van der Waals surface area (Å²) < 4.78 is 0. The minimum absolute atomic E-state index is 0.00127. The van der Waals surface area contributed by atoms with Gasteiger partial charge in [0.05, 0.1) is 6.04 Å². The third kappa shape index (κ3) is 6.05. The molecule has 2 aliphatic rings. The van der Waals surface area contributed by atoms with Gasteiger partial charge in [-0.3, -0.25) is 19.4 Å². The van der Waals surface area contributed by atoms with Crippen LogP contribution < -0.4 is 5.32 Å². The van der Waals surface area contributed by atoms with Crippen molar-refractivity contribution in [3.05, 3.63) is 29.8 Å². The average Bonchev–Trinajstić information content (AvgIpc) is 2.79. The van der Waals surface area contributed by atoms with E-state index in [0.717, 1.165) is 32.7 Å². The lowest BCUT2D eigenvalue weighted by molar-refractivity contribution is -0.121. The van der Waals surface area contributed by atoms with E-state index in [1.165, 1.54) is 19.4 Å². The van der Waals surface area contributed by atoms with E-state index in [9.17, 15) is 9.59 Å². The number of nitrogens with one attached hydrogen (secondary N) is 1. The highest BCUT2D eigenvalue weighted by Crippen LogP contribution is 2.19. The van der Waals surface area contributed by atoms with Crippen LogP contribution in [0.5, 0.6) is 0 Å². The molecule has 1 N–H and O–H groups in total. The predicted molar refractivity (Wildman–Crippen MR) is 125 cm³/mol. The van der Waals surface area contributed by atoms with Crippen molar-refractivity contribution in [2.24, 2.45) is 0 Å². The van der Waals surface area contributed by atoms with Crippen LogP contribution >= 0.6 is 0 Å². The van der Waals surface area contributed by atoms with Crippen LogP contribution in [0.25, 0.3) is 0 Å². The number of rotatable bonds is 7. The molecule has 2 atom stereocenters. The van der Waals surface area contributed by atoms with Crippen molar-refractivity contribution in [3.8, 4) is 0 Å². The van der Waals surface area contributed by atoms with E-state index < -0.39 is 0 Å². The molecular formula is C24H39N5O2. The lowest BCUT2D eigenvalue weighted by Gasteiger charge is -2.43. The smallest absolute Gasteiger partial charge is 0.253 e. The summed E-state index contributed by atoms with van der Waals surface area (Å²) in [5.41, 5.74) is 1.29. The fourth-order valence-corrected chi connectivity index (χ4v) is 4.76. The second-order valence-corrected chi connectivity index (χ2v) is 8.85. The van der Waals surface area contributed by atoms with E-state index in [1.807, 2.05) is 39.0 Å². The van der Waals surface area contributed by atoms with Crippen LogP contribution in [0.2, 0.25) is 0 Å². The van der Waals surface area contributed by atoms with E-state index in [1.54, 1.807) is 11.0 Å². The first-order valence-corrected chi connectivity index (χ1v) is 11.8. The van der Waals surface area contributed by atoms with Crippen LogP contribution in [0.1, 0.15) is 44.0 Å². The van der Waals surface area contributed by atoms with Crippen LogP contribution in [0.4, 0.5) is 5.69 Å². The normalized spacial score (nSPS) is 22.1. The van der Waals surface area contributed by atoms with Crippen molar-refractivity contribution in [1.29, 1.82) is 0 Å². The van der Waals surface area contributed by atoms with Gasteiger partial charge in [0.25, 0.3) is 5.91 Å². The lowest BCUT2D eigenvalue weighted by Crippen LogP contribution is -2.57. The number of carbonyl (C=O) groups excluding carboxylic acids is 2. The maximum atomic E-state index is 12.9. The Morgan fingerprint density at radius 2 is 1.84 bits per heavy atom. The Labute approximate surface area is 187 Å². The van der Waals surface area contributed by atoms with Crippen LogP contribution in [0.3, 0.4) is 0 Å².